The van der Waals surface area contributed by atoms with Crippen molar-refractivity contribution in [1.29, 1.82) is 0 Å². The van der Waals surface area contributed by atoms with E-state index in [1.54, 1.807) is 0 Å². The molecule has 3 nitrogen and oxygen atoms in total. The molecule has 0 radical (unpaired) electrons. The zero-order valence-corrected chi connectivity index (χ0v) is 12.2. The Morgan fingerprint density at radius 1 is 0.857 bits per heavy atom. The van der Waals surface area contributed by atoms with E-state index in [2.05, 4.69) is 48.4 Å². The molecule has 0 aliphatic carbocycles. The molecular formula is C9H22N2OSi2. The number of hydrogen-bond donors (Lipinski definition) is 0. The number of urea groups is 1. The van der Waals surface area contributed by atoms with E-state index in [4.69, 9.17) is 0 Å². The Hall–Kier alpha value is -0.296. The monoisotopic (exact) mass is 230 g/mol. The van der Waals surface area contributed by atoms with Crippen molar-refractivity contribution in [2.45, 2.75) is 39.3 Å². The number of carbonyl (C=O) groups excluding carboxylic acids is 1. The molecule has 0 aromatic heterocycles. The predicted molar refractivity (Wildman–Crippen MR) is 65.5 cm³/mol. The van der Waals surface area contributed by atoms with E-state index in [-0.39, 0.29) is 0 Å². The van der Waals surface area contributed by atoms with Crippen LogP contribution < -0.4 is 0 Å². The van der Waals surface area contributed by atoms with Crippen molar-refractivity contribution in [2.75, 3.05) is 13.1 Å². The minimum atomic E-state index is -1.44. The second-order valence-electron chi connectivity index (χ2n) is 5.93. The highest BCUT2D eigenvalue weighted by Crippen LogP contribution is 2.22. The first-order chi connectivity index (χ1) is 6.14. The van der Waals surface area contributed by atoms with E-state index in [0.717, 1.165) is 13.1 Å². The lowest BCUT2D eigenvalue weighted by molar-refractivity contribution is 0.222. The average molecular weight is 230 g/mol. The predicted octanol–water partition coefficient (Wildman–Crippen LogP) is 2.39. The summed E-state index contributed by atoms with van der Waals surface area (Å²) in [5, 5.41) is 0. The van der Waals surface area contributed by atoms with Crippen LogP contribution in [0.5, 0.6) is 0 Å². The molecule has 2 amide bonds. The lowest BCUT2D eigenvalue weighted by Gasteiger charge is -2.33. The van der Waals surface area contributed by atoms with Crippen molar-refractivity contribution in [3.8, 4) is 0 Å². The summed E-state index contributed by atoms with van der Waals surface area (Å²) >= 11 is 0. The third kappa shape index (κ3) is 2.20. The van der Waals surface area contributed by atoms with Crippen molar-refractivity contribution < 1.29 is 4.79 Å². The summed E-state index contributed by atoms with van der Waals surface area (Å²) in [5.74, 6) is 0. The normalized spacial score (nSPS) is 19.4. The molecule has 1 fully saturated rings. The van der Waals surface area contributed by atoms with E-state index in [0.29, 0.717) is 6.03 Å². The number of hydrogen-bond acceptors (Lipinski definition) is 1. The lowest BCUT2D eigenvalue weighted by atomic mass is 10.7. The van der Waals surface area contributed by atoms with Gasteiger partial charge < -0.3 is 9.13 Å². The molecule has 1 aliphatic rings. The Morgan fingerprint density at radius 3 is 1.29 bits per heavy atom. The van der Waals surface area contributed by atoms with Gasteiger partial charge >= 0.3 is 6.03 Å². The topological polar surface area (TPSA) is 23.6 Å². The molecule has 1 aliphatic heterocycles. The van der Waals surface area contributed by atoms with Crippen LogP contribution in [0.3, 0.4) is 0 Å². The smallest absolute Gasteiger partial charge is 0.304 e. The Labute approximate surface area is 89.3 Å². The molecule has 0 N–H and O–H groups in total. The first-order valence-corrected chi connectivity index (χ1v) is 12.1. The molecule has 0 spiro atoms. The third-order valence-electron chi connectivity index (χ3n) is 2.63. The molecule has 0 aromatic rings. The molecule has 1 heterocycles. The van der Waals surface area contributed by atoms with Gasteiger partial charge in [0.15, 0.2) is 16.5 Å². The molecule has 14 heavy (non-hydrogen) atoms. The molecule has 0 unspecified atom stereocenters. The SMILES string of the molecule is C[Si](C)(C)N1CCN([Si](C)(C)C)C1=O. The highest BCUT2D eigenvalue weighted by atomic mass is 28.3. The second kappa shape index (κ2) is 3.38. The van der Waals surface area contributed by atoms with Gasteiger partial charge in [-0.1, -0.05) is 39.3 Å². The highest BCUT2D eigenvalue weighted by molar-refractivity contribution is 6.78. The Bertz CT molecular complexity index is 218. The van der Waals surface area contributed by atoms with E-state index in [1.165, 1.54) is 0 Å². The Kier molecular flexibility index (Phi) is 2.84. The van der Waals surface area contributed by atoms with Crippen LogP contribution in [0.1, 0.15) is 0 Å². The van der Waals surface area contributed by atoms with Crippen LogP contribution in [-0.4, -0.2) is 44.7 Å². The van der Waals surface area contributed by atoms with Crippen molar-refractivity contribution in [3.63, 3.8) is 0 Å². The zero-order chi connectivity index (χ0) is 11.1. The van der Waals surface area contributed by atoms with Crippen LogP contribution in [0.15, 0.2) is 0 Å². The van der Waals surface area contributed by atoms with Crippen molar-refractivity contribution in [1.82, 2.24) is 9.13 Å². The van der Waals surface area contributed by atoms with E-state index in [9.17, 15) is 4.79 Å². The van der Waals surface area contributed by atoms with Gasteiger partial charge in [-0.05, 0) is 0 Å². The van der Waals surface area contributed by atoms with Gasteiger partial charge in [0.1, 0.15) is 0 Å². The quantitative estimate of drug-likeness (QED) is 0.668. The molecule has 5 heteroatoms. The largest absolute Gasteiger partial charge is 0.351 e. The van der Waals surface area contributed by atoms with Crippen LogP contribution in [0.4, 0.5) is 4.79 Å². The molecule has 0 bridgehead atoms. The summed E-state index contributed by atoms with van der Waals surface area (Å²) < 4.78 is 4.23. The van der Waals surface area contributed by atoms with Gasteiger partial charge in [0, 0.05) is 13.1 Å². The average Bonchev–Trinajstić information content (AvgIpc) is 2.26. The summed E-state index contributed by atoms with van der Waals surface area (Å²) in [4.78, 5) is 12.1. The standard InChI is InChI=1S/C9H22N2OSi2/c1-13(2,3)10-7-8-11(9(10)12)14(4,5)6/h7-8H2,1-6H3. The molecule has 82 valence electrons. The molecule has 0 saturated carbocycles. The van der Waals surface area contributed by atoms with Crippen molar-refractivity contribution in [3.05, 3.63) is 0 Å². The lowest BCUT2D eigenvalue weighted by Crippen LogP contribution is -2.53. The van der Waals surface area contributed by atoms with E-state index >= 15 is 0 Å². The maximum Gasteiger partial charge on any atom is 0.304 e. The molecule has 1 saturated heterocycles. The second-order valence-corrected chi connectivity index (χ2v) is 15.7. The van der Waals surface area contributed by atoms with Gasteiger partial charge in [0.25, 0.3) is 0 Å². The van der Waals surface area contributed by atoms with Gasteiger partial charge in [0.05, 0.1) is 0 Å². The number of amides is 2. The maximum absolute atomic E-state index is 12.1. The van der Waals surface area contributed by atoms with E-state index < -0.39 is 16.5 Å². The zero-order valence-electron chi connectivity index (χ0n) is 10.2. The van der Waals surface area contributed by atoms with Gasteiger partial charge in [-0.3, -0.25) is 4.79 Å². The Morgan fingerprint density at radius 2 is 1.14 bits per heavy atom. The molecule has 0 atom stereocenters. The van der Waals surface area contributed by atoms with Gasteiger partial charge in [0.2, 0.25) is 0 Å². The summed E-state index contributed by atoms with van der Waals surface area (Å²) in [6.07, 6.45) is 0. The fourth-order valence-electron chi connectivity index (χ4n) is 1.78. The minimum absolute atomic E-state index is 0.295. The fourth-order valence-corrected chi connectivity index (χ4v) is 4.81. The van der Waals surface area contributed by atoms with E-state index in [1.807, 2.05) is 0 Å². The van der Waals surface area contributed by atoms with Crippen molar-refractivity contribution >= 4 is 22.5 Å². The molecular weight excluding hydrogens is 208 g/mol. The third-order valence-corrected chi connectivity index (χ3v) is 6.70. The first kappa shape index (κ1) is 11.8. The van der Waals surface area contributed by atoms with Crippen LogP contribution in [0.25, 0.3) is 0 Å². The summed E-state index contributed by atoms with van der Waals surface area (Å²) in [7, 11) is -2.89. The maximum atomic E-state index is 12.1. The number of nitrogens with zero attached hydrogens (tertiary/aromatic N) is 2. The molecule has 1 rings (SSSR count). The number of carbonyl (C=O) groups is 1. The summed E-state index contributed by atoms with van der Waals surface area (Å²) in [6, 6.07) is 0.295. The van der Waals surface area contributed by atoms with Crippen LogP contribution in [0.2, 0.25) is 39.3 Å². The van der Waals surface area contributed by atoms with Crippen LogP contribution in [0, 0.1) is 0 Å². The summed E-state index contributed by atoms with van der Waals surface area (Å²) in [6.45, 7) is 15.3. The highest BCUT2D eigenvalue weighted by Gasteiger charge is 2.41. The minimum Gasteiger partial charge on any atom is -0.351 e. The van der Waals surface area contributed by atoms with Gasteiger partial charge in [-0.25, -0.2) is 0 Å². The van der Waals surface area contributed by atoms with Crippen LogP contribution >= 0.6 is 0 Å². The van der Waals surface area contributed by atoms with Gasteiger partial charge in [-0.2, -0.15) is 0 Å². The number of rotatable bonds is 2. The molecule has 0 aromatic carbocycles. The fraction of sp³-hybridized carbons (Fsp3) is 0.889. The Balaban J connectivity index is 2.80. The first-order valence-electron chi connectivity index (χ1n) is 5.23. The summed E-state index contributed by atoms with van der Waals surface area (Å²) in [5.41, 5.74) is 0. The van der Waals surface area contributed by atoms with Crippen molar-refractivity contribution in [2.24, 2.45) is 0 Å². The van der Waals surface area contributed by atoms with Crippen LogP contribution in [-0.2, 0) is 0 Å². The van der Waals surface area contributed by atoms with Gasteiger partial charge in [-0.15, -0.1) is 0 Å².